The second-order valence-electron chi connectivity index (χ2n) is 17.7. The van der Waals surface area contributed by atoms with Crippen LogP contribution in [0.4, 0.5) is 9.59 Å². The molecular weight excluding hydrogens is 797 g/mol. The summed E-state index contributed by atoms with van der Waals surface area (Å²) in [7, 11) is 0. The number of carbonyl (C=O) groups is 5. The predicted molar refractivity (Wildman–Crippen MR) is 248 cm³/mol. The van der Waals surface area contributed by atoms with Gasteiger partial charge in [0.05, 0.1) is 11.5 Å². The molecule has 63 heavy (non-hydrogen) atoms. The average Bonchev–Trinajstić information content (AvgIpc) is 4.23. The van der Waals surface area contributed by atoms with Crippen LogP contribution >= 0.6 is 0 Å². The lowest BCUT2D eigenvalue weighted by Gasteiger charge is -2.24. The van der Waals surface area contributed by atoms with Gasteiger partial charge in [0.1, 0.15) is 12.7 Å². The molecule has 3 atom stereocenters. The summed E-state index contributed by atoms with van der Waals surface area (Å²) in [5.74, 6) is -0.143. The van der Waals surface area contributed by atoms with Gasteiger partial charge in [-0.1, -0.05) is 146 Å². The summed E-state index contributed by atoms with van der Waals surface area (Å²) in [6, 6.07) is 18.0. The third kappa shape index (κ3) is 25.5. The first-order valence-corrected chi connectivity index (χ1v) is 24.6. The van der Waals surface area contributed by atoms with E-state index in [0.717, 1.165) is 56.9 Å². The maximum atomic E-state index is 12.2. The zero-order valence-corrected chi connectivity index (χ0v) is 38.7. The number of rotatable bonds is 33. The first kappa shape index (κ1) is 52.9. The Bertz CT molecular complexity index is 1550. The van der Waals surface area contributed by atoms with E-state index in [2.05, 4.69) is 24.5 Å². The highest BCUT2D eigenvalue weighted by Crippen LogP contribution is 2.44. The number of amides is 2. The molecule has 2 aliphatic carbocycles. The standard InChI is InChI=1S/C26H39NO5.C26H41NO4/c1-2-3-4-5-6-11-16-23(21-18-19-21)31-24(28)17-12-8-13-20-27-26(30)32-25(29)22-14-9-7-10-15-22;1-2-3-4-5-6-10-15-23(22-17-18-22)24(25(28)29)16-11-12-19-27-26(30)31-20-21-13-8-7-9-14-21/h7,9-10,14-15,21,23H,2-6,8,11-13,16-20H2,1H3,(H,27,30);7-9,13-14,22-24H,2-6,10-12,15-20H2,1H3,(H,27,30)(H,28,29). The number of esters is 2. The number of carbonyl (C=O) groups excluding carboxylic acids is 4. The van der Waals surface area contributed by atoms with Crippen molar-refractivity contribution in [3.05, 3.63) is 71.8 Å². The minimum atomic E-state index is -0.750. The van der Waals surface area contributed by atoms with Crippen molar-refractivity contribution in [1.29, 1.82) is 0 Å². The lowest BCUT2D eigenvalue weighted by Crippen LogP contribution is -2.27. The van der Waals surface area contributed by atoms with E-state index >= 15 is 0 Å². The molecule has 0 aromatic heterocycles. The summed E-state index contributed by atoms with van der Waals surface area (Å²) in [6.07, 6.45) is 25.7. The van der Waals surface area contributed by atoms with Gasteiger partial charge in [-0.3, -0.25) is 9.59 Å². The lowest BCUT2D eigenvalue weighted by molar-refractivity contribution is -0.150. The van der Waals surface area contributed by atoms with Crippen LogP contribution in [0.15, 0.2) is 60.7 Å². The number of aliphatic carboxylic acids is 1. The molecular formula is C52H80N2O9. The number of hydrogen-bond donors (Lipinski definition) is 3. The minimum absolute atomic E-state index is 0.103. The normalized spacial score (nSPS) is 14.6. The highest BCUT2D eigenvalue weighted by Gasteiger charge is 2.39. The molecule has 2 fully saturated rings. The molecule has 0 aliphatic heterocycles. The van der Waals surface area contributed by atoms with Crippen molar-refractivity contribution >= 4 is 30.1 Å². The van der Waals surface area contributed by atoms with E-state index in [9.17, 15) is 29.1 Å². The molecule has 352 valence electrons. The van der Waals surface area contributed by atoms with Crippen LogP contribution in [0.1, 0.15) is 190 Å². The van der Waals surface area contributed by atoms with Gasteiger partial charge in [-0.2, -0.15) is 0 Å². The number of carboxylic acid groups (broad SMARTS) is 1. The predicted octanol–water partition coefficient (Wildman–Crippen LogP) is 12.7. The lowest BCUT2D eigenvalue weighted by atomic mass is 9.81. The number of benzene rings is 2. The second-order valence-corrected chi connectivity index (χ2v) is 17.7. The zero-order chi connectivity index (χ0) is 45.3. The number of nitrogens with one attached hydrogen (secondary N) is 2. The minimum Gasteiger partial charge on any atom is -0.481 e. The second kappa shape index (κ2) is 33.1. The Morgan fingerprint density at radius 1 is 0.603 bits per heavy atom. The Balaban J connectivity index is 0.000000335. The molecule has 0 saturated heterocycles. The number of alkyl carbamates (subject to hydrolysis) is 2. The summed E-state index contributed by atoms with van der Waals surface area (Å²) < 4.78 is 15.7. The van der Waals surface area contributed by atoms with Crippen molar-refractivity contribution in [3.8, 4) is 0 Å². The van der Waals surface area contributed by atoms with E-state index in [1.165, 1.54) is 89.9 Å². The quantitative estimate of drug-likeness (QED) is 0.0275. The third-order valence-corrected chi connectivity index (χ3v) is 12.2. The molecule has 0 radical (unpaired) electrons. The third-order valence-electron chi connectivity index (χ3n) is 12.2. The average molecular weight is 877 g/mol. The Kier molecular flexibility index (Phi) is 27.9. The molecule has 3 N–H and O–H groups in total. The molecule has 11 heteroatoms. The molecule has 2 aromatic rings. The summed E-state index contributed by atoms with van der Waals surface area (Å²) in [6.45, 7) is 5.63. The van der Waals surface area contributed by atoms with E-state index in [4.69, 9.17) is 14.2 Å². The fraction of sp³-hybridized carbons (Fsp3) is 0.673. The number of ether oxygens (including phenoxy) is 3. The molecule has 2 amide bonds. The molecule has 4 rings (SSSR count). The Morgan fingerprint density at radius 3 is 1.73 bits per heavy atom. The first-order chi connectivity index (χ1) is 30.7. The molecule has 11 nitrogen and oxygen atoms in total. The van der Waals surface area contributed by atoms with Crippen molar-refractivity contribution in [3.63, 3.8) is 0 Å². The van der Waals surface area contributed by atoms with E-state index in [-0.39, 0.29) is 24.6 Å². The summed E-state index contributed by atoms with van der Waals surface area (Å²) in [4.78, 5) is 59.5. The molecule has 0 spiro atoms. The van der Waals surface area contributed by atoms with Crippen LogP contribution in [0.5, 0.6) is 0 Å². The van der Waals surface area contributed by atoms with Gasteiger partial charge in [0.25, 0.3) is 0 Å². The highest BCUT2D eigenvalue weighted by atomic mass is 16.6. The van der Waals surface area contributed by atoms with E-state index < -0.39 is 24.1 Å². The fourth-order valence-corrected chi connectivity index (χ4v) is 8.15. The molecule has 0 bridgehead atoms. The van der Waals surface area contributed by atoms with Gasteiger partial charge >= 0.3 is 30.1 Å². The molecule has 0 heterocycles. The number of unbranched alkanes of at least 4 members (excludes halogenated alkanes) is 13. The molecule has 2 saturated carbocycles. The van der Waals surface area contributed by atoms with Crippen molar-refractivity contribution in [1.82, 2.24) is 10.6 Å². The van der Waals surface area contributed by atoms with E-state index in [0.29, 0.717) is 55.7 Å². The summed E-state index contributed by atoms with van der Waals surface area (Å²) in [5.41, 5.74) is 1.29. The van der Waals surface area contributed by atoms with Crippen molar-refractivity contribution in [2.24, 2.45) is 23.7 Å². The number of hydrogen-bond acceptors (Lipinski definition) is 8. The van der Waals surface area contributed by atoms with Gasteiger partial charge in [0.2, 0.25) is 0 Å². The van der Waals surface area contributed by atoms with Crippen molar-refractivity contribution < 1.29 is 43.3 Å². The highest BCUT2D eigenvalue weighted by molar-refractivity contribution is 5.96. The van der Waals surface area contributed by atoms with Crippen LogP contribution in [0.2, 0.25) is 0 Å². The first-order valence-electron chi connectivity index (χ1n) is 24.6. The monoisotopic (exact) mass is 877 g/mol. The van der Waals surface area contributed by atoms with Gasteiger partial charge in [0.15, 0.2) is 0 Å². The maximum Gasteiger partial charge on any atom is 0.415 e. The van der Waals surface area contributed by atoms with Gasteiger partial charge in [-0.25, -0.2) is 14.4 Å². The largest absolute Gasteiger partial charge is 0.481 e. The zero-order valence-electron chi connectivity index (χ0n) is 38.7. The van der Waals surface area contributed by atoms with Crippen LogP contribution < -0.4 is 10.6 Å². The van der Waals surface area contributed by atoms with Crippen molar-refractivity contribution in [2.45, 2.75) is 187 Å². The van der Waals surface area contributed by atoms with Gasteiger partial charge in [0, 0.05) is 19.5 Å². The number of carboxylic acids is 1. The smallest absolute Gasteiger partial charge is 0.415 e. The van der Waals surface area contributed by atoms with Crippen molar-refractivity contribution in [2.75, 3.05) is 13.1 Å². The Labute approximate surface area is 378 Å². The topological polar surface area (TPSA) is 157 Å². The fourth-order valence-electron chi connectivity index (χ4n) is 8.15. The Hall–Kier alpha value is -4.41. The van der Waals surface area contributed by atoms with E-state index in [1.807, 2.05) is 30.3 Å². The molecule has 2 aliphatic rings. The summed E-state index contributed by atoms with van der Waals surface area (Å²) in [5, 5.41) is 15.2. The maximum absolute atomic E-state index is 12.2. The Morgan fingerprint density at radius 2 is 1.13 bits per heavy atom. The van der Waals surface area contributed by atoms with Crippen LogP contribution in [0, 0.1) is 23.7 Å². The van der Waals surface area contributed by atoms with Crippen LogP contribution in [0.3, 0.4) is 0 Å². The van der Waals surface area contributed by atoms with Crippen LogP contribution in [0.25, 0.3) is 0 Å². The van der Waals surface area contributed by atoms with E-state index in [1.54, 1.807) is 30.3 Å². The van der Waals surface area contributed by atoms with Crippen LogP contribution in [-0.4, -0.2) is 54.4 Å². The van der Waals surface area contributed by atoms with Gasteiger partial charge in [-0.05, 0) is 106 Å². The van der Waals surface area contributed by atoms with Gasteiger partial charge in [-0.15, -0.1) is 0 Å². The van der Waals surface area contributed by atoms with Crippen LogP contribution in [-0.2, 0) is 30.4 Å². The summed E-state index contributed by atoms with van der Waals surface area (Å²) >= 11 is 0. The SMILES string of the molecule is CCCCCCCCC(C1CC1)C(CCCCNC(=O)OCc1ccccc1)C(=O)O.CCCCCCCCC(OC(=O)CCCCCNC(=O)OC(=O)c1ccccc1)C1CC1. The molecule has 2 aromatic carbocycles. The van der Waals surface area contributed by atoms with Gasteiger partial charge < -0.3 is 30.0 Å². The molecule has 3 unspecified atom stereocenters.